The molecule has 1 aromatic rings. The van der Waals surface area contributed by atoms with Gasteiger partial charge in [0.2, 0.25) is 0 Å². The van der Waals surface area contributed by atoms with Crippen LogP contribution in [0, 0.1) is 0 Å². The first kappa shape index (κ1) is 16.4. The zero-order valence-electron chi connectivity index (χ0n) is 13.7. The maximum atomic E-state index is 4.72. The largest absolute Gasteiger partial charge is 0.217 e. The van der Waals surface area contributed by atoms with E-state index in [1.165, 1.54) is 0 Å². The summed E-state index contributed by atoms with van der Waals surface area (Å²) in [5.41, 5.74) is -0.127. The lowest BCUT2D eigenvalue weighted by molar-refractivity contribution is 0.480. The van der Waals surface area contributed by atoms with Crippen molar-refractivity contribution in [2.75, 3.05) is 6.26 Å². The van der Waals surface area contributed by atoms with Gasteiger partial charge in [0.25, 0.3) is 0 Å². The third-order valence-corrected chi connectivity index (χ3v) is 4.23. The van der Waals surface area contributed by atoms with E-state index in [0.717, 1.165) is 17.5 Å². The molecule has 0 aliphatic heterocycles. The highest BCUT2D eigenvalue weighted by Crippen LogP contribution is 2.33. The second-order valence-corrected chi connectivity index (χ2v) is 8.95. The van der Waals surface area contributed by atoms with Crippen molar-refractivity contribution in [3.05, 3.63) is 17.5 Å². The fourth-order valence-corrected chi connectivity index (χ4v) is 1.68. The maximum absolute atomic E-state index is 4.72. The SMILES string of the molecule is CSC(C)(C)c1nc(C(C)(C)C)nc(C(C)(C)C)n1. The highest BCUT2D eigenvalue weighted by atomic mass is 32.2. The van der Waals surface area contributed by atoms with Crippen LogP contribution in [-0.2, 0) is 15.6 Å². The van der Waals surface area contributed by atoms with Gasteiger partial charge in [0.1, 0.15) is 17.5 Å². The molecule has 0 fully saturated rings. The van der Waals surface area contributed by atoms with Gasteiger partial charge in [0.05, 0.1) is 4.75 Å². The van der Waals surface area contributed by atoms with Crippen LogP contribution >= 0.6 is 11.8 Å². The van der Waals surface area contributed by atoms with Crippen LogP contribution in [0.4, 0.5) is 0 Å². The first-order valence-electron chi connectivity index (χ1n) is 6.70. The molecule has 0 aliphatic carbocycles. The third kappa shape index (κ3) is 3.91. The van der Waals surface area contributed by atoms with Crippen LogP contribution < -0.4 is 0 Å². The van der Waals surface area contributed by atoms with Gasteiger partial charge in [-0.25, -0.2) is 15.0 Å². The first-order valence-corrected chi connectivity index (χ1v) is 7.93. The molecule has 0 N–H and O–H groups in total. The summed E-state index contributed by atoms with van der Waals surface area (Å²) >= 11 is 1.77. The second-order valence-electron chi connectivity index (χ2n) is 7.52. The van der Waals surface area contributed by atoms with Crippen molar-refractivity contribution in [1.29, 1.82) is 0 Å². The molecule has 0 saturated heterocycles. The third-order valence-electron chi connectivity index (χ3n) is 3.03. The first-order chi connectivity index (χ1) is 8.38. The van der Waals surface area contributed by atoms with Crippen LogP contribution in [-0.4, -0.2) is 21.2 Å². The number of aromatic nitrogens is 3. The molecule has 0 unspecified atom stereocenters. The Kier molecular flexibility index (Phi) is 4.35. The van der Waals surface area contributed by atoms with Gasteiger partial charge in [-0.15, -0.1) is 0 Å². The standard InChI is InChI=1S/C15H27N3S/c1-13(2,3)10-16-11(14(4,5)6)18-12(17-10)15(7,8)19-9/h1-9H3. The summed E-state index contributed by atoms with van der Waals surface area (Å²) in [4.78, 5) is 14.1. The van der Waals surface area contributed by atoms with E-state index < -0.39 is 0 Å². The van der Waals surface area contributed by atoms with Crippen molar-refractivity contribution in [3.8, 4) is 0 Å². The molecule has 108 valence electrons. The van der Waals surface area contributed by atoms with Gasteiger partial charge in [0, 0.05) is 10.8 Å². The van der Waals surface area contributed by atoms with Gasteiger partial charge in [-0.2, -0.15) is 11.8 Å². The van der Waals surface area contributed by atoms with Gasteiger partial charge in [-0.05, 0) is 20.1 Å². The van der Waals surface area contributed by atoms with Crippen LogP contribution in [0.2, 0.25) is 0 Å². The molecule has 4 heteroatoms. The van der Waals surface area contributed by atoms with E-state index >= 15 is 0 Å². The molecule has 0 amide bonds. The summed E-state index contributed by atoms with van der Waals surface area (Å²) in [6, 6.07) is 0. The fourth-order valence-electron chi connectivity index (χ4n) is 1.41. The van der Waals surface area contributed by atoms with Crippen LogP contribution in [0.25, 0.3) is 0 Å². The Morgan fingerprint density at radius 2 is 0.947 bits per heavy atom. The molecule has 0 aromatic carbocycles. The minimum atomic E-state index is -0.0943. The molecule has 1 heterocycles. The van der Waals surface area contributed by atoms with Crippen molar-refractivity contribution in [2.24, 2.45) is 0 Å². The second kappa shape index (κ2) is 5.04. The Balaban J connectivity index is 3.51. The molecule has 0 aliphatic rings. The van der Waals surface area contributed by atoms with E-state index in [0.29, 0.717) is 0 Å². The number of nitrogens with zero attached hydrogens (tertiary/aromatic N) is 3. The molecular formula is C15H27N3S. The summed E-state index contributed by atoms with van der Waals surface area (Å²) < 4.78 is -0.0943. The van der Waals surface area contributed by atoms with Crippen molar-refractivity contribution < 1.29 is 0 Å². The molecule has 19 heavy (non-hydrogen) atoms. The summed E-state index contributed by atoms with van der Waals surface area (Å²) in [7, 11) is 0. The van der Waals surface area contributed by atoms with Crippen LogP contribution in [0.15, 0.2) is 0 Å². The van der Waals surface area contributed by atoms with Crippen LogP contribution in [0.1, 0.15) is 72.9 Å². The molecule has 0 saturated carbocycles. The fraction of sp³-hybridized carbons (Fsp3) is 0.800. The van der Waals surface area contributed by atoms with Crippen LogP contribution in [0.3, 0.4) is 0 Å². The lowest BCUT2D eigenvalue weighted by Gasteiger charge is -2.27. The van der Waals surface area contributed by atoms with Crippen molar-refractivity contribution in [3.63, 3.8) is 0 Å². The Labute approximate surface area is 122 Å². The summed E-state index contributed by atoms with van der Waals surface area (Å²) in [5, 5.41) is 0. The minimum absolute atomic E-state index is 0.0633. The number of thioether (sulfide) groups is 1. The predicted molar refractivity (Wildman–Crippen MR) is 83.8 cm³/mol. The number of hydrogen-bond donors (Lipinski definition) is 0. The lowest BCUT2D eigenvalue weighted by atomic mass is 9.92. The lowest BCUT2D eigenvalue weighted by Crippen LogP contribution is -2.28. The van der Waals surface area contributed by atoms with Crippen molar-refractivity contribution in [1.82, 2.24) is 15.0 Å². The predicted octanol–water partition coefficient (Wildman–Crippen LogP) is 4.06. The topological polar surface area (TPSA) is 38.7 Å². The highest BCUT2D eigenvalue weighted by molar-refractivity contribution is 7.99. The average Bonchev–Trinajstić information content (AvgIpc) is 2.26. The normalized spacial score (nSPS) is 13.7. The monoisotopic (exact) mass is 281 g/mol. The molecular weight excluding hydrogens is 254 g/mol. The molecule has 0 atom stereocenters. The Morgan fingerprint density at radius 1 is 0.632 bits per heavy atom. The van der Waals surface area contributed by atoms with E-state index in [9.17, 15) is 0 Å². The molecule has 1 aromatic heterocycles. The maximum Gasteiger partial charge on any atom is 0.148 e. The van der Waals surface area contributed by atoms with E-state index in [2.05, 4.69) is 61.6 Å². The van der Waals surface area contributed by atoms with Gasteiger partial charge in [-0.1, -0.05) is 41.5 Å². The zero-order valence-corrected chi connectivity index (χ0v) is 14.6. The average molecular weight is 281 g/mol. The molecule has 0 bridgehead atoms. The molecule has 0 spiro atoms. The Hall–Kier alpha value is -0.640. The van der Waals surface area contributed by atoms with Crippen LogP contribution in [0.5, 0.6) is 0 Å². The van der Waals surface area contributed by atoms with E-state index in [4.69, 9.17) is 15.0 Å². The number of hydrogen-bond acceptors (Lipinski definition) is 4. The van der Waals surface area contributed by atoms with E-state index in [1.54, 1.807) is 11.8 Å². The van der Waals surface area contributed by atoms with E-state index in [-0.39, 0.29) is 15.6 Å². The highest BCUT2D eigenvalue weighted by Gasteiger charge is 2.30. The van der Waals surface area contributed by atoms with Gasteiger partial charge >= 0.3 is 0 Å². The molecule has 0 radical (unpaired) electrons. The Bertz CT molecular complexity index is 421. The summed E-state index contributed by atoms with van der Waals surface area (Å²) in [5.74, 6) is 2.64. The zero-order chi connectivity index (χ0) is 15.1. The van der Waals surface area contributed by atoms with Gasteiger partial charge < -0.3 is 0 Å². The molecule has 1 rings (SSSR count). The summed E-state index contributed by atoms with van der Waals surface area (Å²) in [6.45, 7) is 17.2. The number of rotatable bonds is 2. The Morgan fingerprint density at radius 3 is 1.21 bits per heavy atom. The quantitative estimate of drug-likeness (QED) is 0.819. The van der Waals surface area contributed by atoms with E-state index in [1.807, 2.05) is 0 Å². The minimum Gasteiger partial charge on any atom is -0.217 e. The van der Waals surface area contributed by atoms with Gasteiger partial charge in [0.15, 0.2) is 0 Å². The van der Waals surface area contributed by atoms with Crippen molar-refractivity contribution in [2.45, 2.75) is 71.0 Å². The molecule has 3 nitrogen and oxygen atoms in total. The smallest absolute Gasteiger partial charge is 0.148 e. The van der Waals surface area contributed by atoms with Crippen molar-refractivity contribution >= 4 is 11.8 Å². The van der Waals surface area contributed by atoms with Gasteiger partial charge in [-0.3, -0.25) is 0 Å². The summed E-state index contributed by atoms with van der Waals surface area (Å²) in [6.07, 6.45) is 2.09.